The molecule has 8 rings (SSSR count). The van der Waals surface area contributed by atoms with Gasteiger partial charge in [0.2, 0.25) is 5.82 Å². The molecule has 77 heavy (non-hydrogen) atoms. The van der Waals surface area contributed by atoms with E-state index in [-0.39, 0.29) is 75.2 Å². The van der Waals surface area contributed by atoms with Gasteiger partial charge in [0.1, 0.15) is 68.8 Å². The molecule has 4 aromatic heterocycles. The number of aromatic nitrogens is 6. The van der Waals surface area contributed by atoms with E-state index in [1.54, 1.807) is 50.7 Å². The second-order valence-corrected chi connectivity index (χ2v) is 21.4. The number of nitrogens with two attached hydrogens (primary N) is 1. The number of hydrogen-bond donors (Lipinski definition) is 3. The molecule has 0 aliphatic carbocycles. The first-order valence-corrected chi connectivity index (χ1v) is 25.1. The third-order valence-electron chi connectivity index (χ3n) is 12.6. The van der Waals surface area contributed by atoms with Crippen molar-refractivity contribution in [2.45, 2.75) is 104 Å². The zero-order valence-electron chi connectivity index (χ0n) is 43.6. The minimum atomic E-state index is -0.928. The Morgan fingerprint density at radius 2 is 1.17 bits per heavy atom. The number of rotatable bonds is 9. The molecule has 2 atom stereocenters. The molecule has 21 nitrogen and oxygen atoms in total. The van der Waals surface area contributed by atoms with Gasteiger partial charge in [-0.1, -0.05) is 23.2 Å². The van der Waals surface area contributed by atoms with E-state index < -0.39 is 52.0 Å². The summed E-state index contributed by atoms with van der Waals surface area (Å²) in [5.74, 6) is -1.67. The quantitative estimate of drug-likeness (QED) is 0.118. The van der Waals surface area contributed by atoms with Crippen molar-refractivity contribution in [2.75, 3.05) is 36.0 Å². The average molecular weight is 1100 g/mol. The number of benzene rings is 2. The Morgan fingerprint density at radius 1 is 0.753 bits per heavy atom. The summed E-state index contributed by atoms with van der Waals surface area (Å²) in [7, 11) is 2.79. The monoisotopic (exact) mass is 1100 g/mol. The lowest BCUT2D eigenvalue weighted by molar-refractivity contribution is 0.0488. The first kappa shape index (κ1) is 56.5. The average Bonchev–Trinajstić information content (AvgIpc) is 3.96. The van der Waals surface area contributed by atoms with Gasteiger partial charge in [0.05, 0.1) is 13.1 Å². The van der Waals surface area contributed by atoms with Gasteiger partial charge in [-0.05, 0) is 115 Å². The summed E-state index contributed by atoms with van der Waals surface area (Å²) in [5.41, 5.74) is 4.18. The van der Waals surface area contributed by atoms with Crippen LogP contribution in [-0.2, 0) is 36.7 Å². The molecule has 3 amide bonds. The number of anilines is 2. The Bertz CT molecular complexity index is 3590. The van der Waals surface area contributed by atoms with E-state index in [2.05, 4.69) is 37.6 Å². The first-order chi connectivity index (χ1) is 36.2. The molecular formula is C52H56Cl2F2N14O7. The molecular weight excluding hydrogens is 1040 g/mol. The van der Waals surface area contributed by atoms with Gasteiger partial charge in [-0.15, -0.1) is 11.6 Å². The first-order valence-electron chi connectivity index (χ1n) is 24.3. The van der Waals surface area contributed by atoms with Crippen molar-refractivity contribution in [3.05, 3.63) is 118 Å². The van der Waals surface area contributed by atoms with Gasteiger partial charge < -0.3 is 49.6 Å². The van der Waals surface area contributed by atoms with Crippen LogP contribution in [0.1, 0.15) is 100 Å². The SMILES string of the molecule is Cn1c(C(N)=O)nc2c(C#N)c(N3CCC[C@@H](NC(=O)OC(C)(C)C)C3)n(Cc3cc(F)ccc3Cl)c2c1=O.[C-]#[N+]c1nc2c(C#N)c(N3CCC[C@@H](NC(=O)OC(C)(C)C)C3)n(Cc3cc(F)ccc3Cl)c2c(=O)n1C. The Kier molecular flexibility index (Phi) is 16.6. The minimum absolute atomic E-state index is 0.000787. The summed E-state index contributed by atoms with van der Waals surface area (Å²) in [4.78, 5) is 79.5. The van der Waals surface area contributed by atoms with Gasteiger partial charge in [-0.2, -0.15) is 10.5 Å². The second kappa shape index (κ2) is 22.6. The van der Waals surface area contributed by atoms with Gasteiger partial charge in [-0.3, -0.25) is 18.7 Å². The molecule has 0 bridgehead atoms. The highest BCUT2D eigenvalue weighted by Crippen LogP contribution is 2.36. The molecule has 2 aliphatic rings. The molecule has 0 spiro atoms. The zero-order valence-corrected chi connectivity index (χ0v) is 45.1. The van der Waals surface area contributed by atoms with Crippen molar-refractivity contribution in [3.8, 4) is 12.1 Å². The summed E-state index contributed by atoms with van der Waals surface area (Å²) < 4.78 is 44.4. The molecule has 0 saturated carbocycles. The number of nitriles is 2. The fourth-order valence-corrected chi connectivity index (χ4v) is 9.74. The van der Waals surface area contributed by atoms with Crippen molar-refractivity contribution in [3.63, 3.8) is 0 Å². The number of ether oxygens (including phenoxy) is 2. The smallest absolute Gasteiger partial charge is 0.407 e. The van der Waals surface area contributed by atoms with Crippen LogP contribution in [0.2, 0.25) is 10.0 Å². The lowest BCUT2D eigenvalue weighted by atomic mass is 10.1. The highest BCUT2D eigenvalue weighted by molar-refractivity contribution is 6.31. The summed E-state index contributed by atoms with van der Waals surface area (Å²) in [6, 6.07) is 11.5. The van der Waals surface area contributed by atoms with Gasteiger partial charge >= 0.3 is 23.7 Å². The highest BCUT2D eigenvalue weighted by atomic mass is 35.5. The van der Waals surface area contributed by atoms with E-state index in [4.69, 9.17) is 45.0 Å². The molecule has 404 valence electrons. The Hall–Kier alpha value is -8.20. The fraction of sp³-hybridized carbons (Fsp3) is 0.423. The largest absolute Gasteiger partial charge is 0.444 e. The van der Waals surface area contributed by atoms with E-state index in [1.807, 2.05) is 9.80 Å². The number of nitrogens with zero attached hydrogens (tertiary/aromatic N) is 11. The number of piperidine rings is 2. The van der Waals surface area contributed by atoms with Crippen molar-refractivity contribution >= 4 is 80.9 Å². The van der Waals surface area contributed by atoms with E-state index in [9.17, 15) is 43.3 Å². The number of carbonyl (C=O) groups excluding carboxylic acids is 3. The summed E-state index contributed by atoms with van der Waals surface area (Å²) in [6.45, 7) is 19.6. The van der Waals surface area contributed by atoms with E-state index in [0.29, 0.717) is 79.6 Å². The predicted octanol–water partition coefficient (Wildman–Crippen LogP) is 7.53. The number of carbonyl (C=O) groups is 3. The number of hydrogen-bond acceptors (Lipinski definition) is 13. The zero-order chi connectivity index (χ0) is 56.4. The fourth-order valence-electron chi connectivity index (χ4n) is 9.38. The predicted molar refractivity (Wildman–Crippen MR) is 284 cm³/mol. The van der Waals surface area contributed by atoms with E-state index in [0.717, 1.165) is 9.13 Å². The van der Waals surface area contributed by atoms with Crippen LogP contribution < -0.4 is 37.3 Å². The lowest BCUT2D eigenvalue weighted by Gasteiger charge is -2.35. The highest BCUT2D eigenvalue weighted by Gasteiger charge is 2.35. The van der Waals surface area contributed by atoms with Crippen LogP contribution in [0, 0.1) is 40.9 Å². The second-order valence-electron chi connectivity index (χ2n) is 20.6. The topological polar surface area (TPSA) is 258 Å². The van der Waals surface area contributed by atoms with Gasteiger partial charge in [0.15, 0.2) is 11.0 Å². The maximum absolute atomic E-state index is 14.2. The number of amides is 3. The Morgan fingerprint density at radius 3 is 1.56 bits per heavy atom. The molecule has 2 aliphatic heterocycles. The maximum Gasteiger partial charge on any atom is 0.407 e. The third-order valence-corrected chi connectivity index (χ3v) is 13.3. The molecule has 6 aromatic rings. The molecule has 25 heteroatoms. The van der Waals surface area contributed by atoms with E-state index in [1.165, 1.54) is 50.5 Å². The molecule has 2 fully saturated rings. The van der Waals surface area contributed by atoms with Crippen molar-refractivity contribution < 1.29 is 32.6 Å². The lowest BCUT2D eigenvalue weighted by Crippen LogP contribution is -2.49. The number of primary amides is 1. The van der Waals surface area contributed by atoms with Crippen LogP contribution in [0.15, 0.2) is 46.0 Å². The standard InChI is InChI=1S/C26H29ClFN7O4.C26H27ClFN7O3/c1-26(2,3)39-25(38)31-16-6-5-9-34(13-16)23-17(11-29)19-20(24(37)33(4)22(32-19)21(30)36)35(23)12-14-10-15(28)7-8-18(14)27;1-26(2,3)38-25(37)31-17-7-6-10-34(14-17)22-18(12-29)20-21(23(36)33(5)24(30-4)32-20)35(22)13-15-11-16(28)8-9-19(15)27/h7-8,10,16H,5-6,9,12-13H2,1-4H3,(H2,30,36)(H,31,38);8-9,11,17H,6-7,10,13-14H2,1-3,5H3,(H,31,37)/t16-;17-/m11/s1. The molecule has 2 aromatic carbocycles. The van der Waals surface area contributed by atoms with Crippen LogP contribution >= 0.6 is 23.2 Å². The van der Waals surface area contributed by atoms with Crippen LogP contribution in [0.4, 0.5) is 36.0 Å². The third kappa shape index (κ3) is 12.4. The van der Waals surface area contributed by atoms with Crippen LogP contribution in [0.3, 0.4) is 0 Å². The van der Waals surface area contributed by atoms with Crippen molar-refractivity contribution in [1.82, 2.24) is 38.9 Å². The number of fused-ring (bicyclic) bond motifs is 2. The number of halogens is 4. The molecule has 6 heterocycles. The van der Waals surface area contributed by atoms with Crippen LogP contribution in [-0.4, -0.2) is 95.8 Å². The summed E-state index contributed by atoms with van der Waals surface area (Å²) >= 11 is 12.7. The van der Waals surface area contributed by atoms with Gasteiger partial charge in [-0.25, -0.2) is 28.1 Å². The van der Waals surface area contributed by atoms with Crippen molar-refractivity contribution in [1.29, 1.82) is 10.5 Å². The van der Waals surface area contributed by atoms with Crippen LogP contribution in [0.5, 0.6) is 0 Å². The Balaban J connectivity index is 0.000000224. The van der Waals surface area contributed by atoms with Crippen molar-refractivity contribution in [2.24, 2.45) is 19.8 Å². The van der Waals surface area contributed by atoms with Gasteiger partial charge in [0, 0.05) is 62.4 Å². The number of alkyl carbamates (subject to hydrolysis) is 2. The summed E-state index contributed by atoms with van der Waals surface area (Å²) in [5, 5.41) is 26.7. The van der Waals surface area contributed by atoms with Gasteiger partial charge in [0.25, 0.3) is 11.5 Å². The summed E-state index contributed by atoms with van der Waals surface area (Å²) in [6.07, 6.45) is 1.59. The van der Waals surface area contributed by atoms with E-state index >= 15 is 0 Å². The normalized spacial score (nSPS) is 15.7. The molecule has 2 saturated heterocycles. The number of nitrogens with one attached hydrogen (secondary N) is 2. The molecule has 0 radical (unpaired) electrons. The Labute approximate surface area is 451 Å². The maximum atomic E-state index is 14.2. The molecule has 0 unspecified atom stereocenters. The minimum Gasteiger partial charge on any atom is -0.444 e. The van der Waals surface area contributed by atoms with Crippen LogP contribution in [0.25, 0.3) is 26.9 Å². The molecule has 4 N–H and O–H groups in total.